The van der Waals surface area contributed by atoms with Gasteiger partial charge in [0.1, 0.15) is 6.67 Å². The van der Waals surface area contributed by atoms with Crippen LogP contribution in [0.4, 0.5) is 4.39 Å². The number of halogens is 1. The van der Waals surface area contributed by atoms with Crippen molar-refractivity contribution in [2.24, 2.45) is 0 Å². The molecule has 1 aliphatic heterocycles. The number of rotatable bonds is 3. The third kappa shape index (κ3) is 2.12. The lowest BCUT2D eigenvalue weighted by Gasteiger charge is -2.52. The molecule has 0 radical (unpaired) electrons. The molecule has 0 aromatic rings. The maximum absolute atomic E-state index is 12.7. The van der Waals surface area contributed by atoms with Crippen molar-refractivity contribution in [3.8, 4) is 0 Å². The molecule has 0 amide bonds. The summed E-state index contributed by atoms with van der Waals surface area (Å²) in [6.45, 7) is 6.96. The summed E-state index contributed by atoms with van der Waals surface area (Å²) in [7, 11) is 0. The second-order valence-corrected chi connectivity index (χ2v) is 5.81. The molecule has 0 aromatic carbocycles. The number of nitrogens with one attached hydrogen (secondary N) is 1. The largest absolute Gasteiger partial charge is 0.308 e. The summed E-state index contributed by atoms with van der Waals surface area (Å²) in [5.74, 6) is 0. The SMILES string of the molecule is CCC1(C)CN(CCF)C2(CCCC2)CN1. The Kier molecular flexibility index (Phi) is 3.55. The lowest BCUT2D eigenvalue weighted by Crippen LogP contribution is -2.68. The van der Waals surface area contributed by atoms with Gasteiger partial charge in [0.05, 0.1) is 0 Å². The average Bonchev–Trinajstić information content (AvgIpc) is 2.75. The van der Waals surface area contributed by atoms with Crippen LogP contribution in [0.15, 0.2) is 0 Å². The summed E-state index contributed by atoms with van der Waals surface area (Å²) in [6, 6.07) is 0. The van der Waals surface area contributed by atoms with E-state index in [9.17, 15) is 4.39 Å². The van der Waals surface area contributed by atoms with Crippen LogP contribution < -0.4 is 5.32 Å². The first-order chi connectivity index (χ1) is 7.64. The van der Waals surface area contributed by atoms with E-state index in [0.717, 1.165) is 19.5 Å². The molecule has 1 unspecified atom stereocenters. The van der Waals surface area contributed by atoms with E-state index in [1.54, 1.807) is 0 Å². The summed E-state index contributed by atoms with van der Waals surface area (Å²) < 4.78 is 12.7. The van der Waals surface area contributed by atoms with Crippen LogP contribution in [0, 0.1) is 0 Å². The average molecular weight is 228 g/mol. The Morgan fingerprint density at radius 3 is 2.56 bits per heavy atom. The third-order valence-corrected chi connectivity index (χ3v) is 4.72. The number of alkyl halides is 1. The van der Waals surface area contributed by atoms with E-state index in [-0.39, 0.29) is 17.8 Å². The van der Waals surface area contributed by atoms with Gasteiger partial charge in [-0.3, -0.25) is 4.90 Å². The standard InChI is InChI=1S/C13H25FN2/c1-3-12(2)11-16(9-8-14)13(10-15-12)6-4-5-7-13/h15H,3-11H2,1-2H3. The predicted molar refractivity (Wildman–Crippen MR) is 65.4 cm³/mol. The summed E-state index contributed by atoms with van der Waals surface area (Å²) in [4.78, 5) is 2.43. The van der Waals surface area contributed by atoms with Crippen LogP contribution >= 0.6 is 0 Å². The van der Waals surface area contributed by atoms with Gasteiger partial charge in [0.2, 0.25) is 0 Å². The lowest BCUT2D eigenvalue weighted by atomic mass is 9.85. The van der Waals surface area contributed by atoms with Gasteiger partial charge < -0.3 is 5.32 Å². The van der Waals surface area contributed by atoms with E-state index < -0.39 is 0 Å². The smallest absolute Gasteiger partial charge is 0.102 e. The number of piperazine rings is 1. The van der Waals surface area contributed by atoms with Crippen LogP contribution in [-0.4, -0.2) is 42.3 Å². The molecule has 16 heavy (non-hydrogen) atoms. The third-order valence-electron chi connectivity index (χ3n) is 4.72. The van der Waals surface area contributed by atoms with Crippen LogP contribution in [0.1, 0.15) is 46.0 Å². The minimum absolute atomic E-state index is 0.184. The predicted octanol–water partition coefficient (Wildman–Crippen LogP) is 2.34. The highest BCUT2D eigenvalue weighted by molar-refractivity contribution is 5.05. The maximum atomic E-state index is 12.7. The normalized spacial score (nSPS) is 34.7. The zero-order valence-electron chi connectivity index (χ0n) is 10.7. The molecule has 0 aromatic heterocycles. The molecular formula is C13H25FN2. The van der Waals surface area contributed by atoms with E-state index in [4.69, 9.17) is 0 Å². The summed E-state index contributed by atoms with van der Waals surface area (Å²) in [5, 5.41) is 3.70. The van der Waals surface area contributed by atoms with Gasteiger partial charge >= 0.3 is 0 Å². The quantitative estimate of drug-likeness (QED) is 0.797. The molecule has 2 fully saturated rings. The molecule has 1 aliphatic carbocycles. The van der Waals surface area contributed by atoms with Crippen LogP contribution in [0.3, 0.4) is 0 Å². The molecule has 1 saturated carbocycles. The van der Waals surface area contributed by atoms with Crippen molar-refractivity contribution >= 4 is 0 Å². The summed E-state index contributed by atoms with van der Waals surface area (Å²) in [5.41, 5.74) is 0.462. The van der Waals surface area contributed by atoms with Crippen molar-refractivity contribution in [1.82, 2.24) is 10.2 Å². The molecule has 94 valence electrons. The fourth-order valence-electron chi connectivity index (χ4n) is 3.32. The molecule has 0 bridgehead atoms. The number of hydrogen-bond acceptors (Lipinski definition) is 2. The molecule has 3 heteroatoms. The second-order valence-electron chi connectivity index (χ2n) is 5.81. The molecule has 2 nitrogen and oxygen atoms in total. The Labute approximate surface area is 98.6 Å². The summed E-state index contributed by atoms with van der Waals surface area (Å²) in [6.07, 6.45) is 6.24. The Hall–Kier alpha value is -0.150. The van der Waals surface area contributed by atoms with Crippen molar-refractivity contribution in [3.63, 3.8) is 0 Å². The first-order valence-corrected chi connectivity index (χ1v) is 6.70. The Morgan fingerprint density at radius 2 is 2.00 bits per heavy atom. The monoisotopic (exact) mass is 228 g/mol. The van der Waals surface area contributed by atoms with Gasteiger partial charge in [0.15, 0.2) is 0 Å². The fraction of sp³-hybridized carbons (Fsp3) is 1.00. The number of hydrogen-bond donors (Lipinski definition) is 1. The highest BCUT2D eigenvalue weighted by Crippen LogP contribution is 2.38. The molecule has 1 atom stereocenters. The van der Waals surface area contributed by atoms with Crippen molar-refractivity contribution in [2.45, 2.75) is 57.0 Å². The fourth-order valence-corrected chi connectivity index (χ4v) is 3.32. The van der Waals surface area contributed by atoms with Crippen molar-refractivity contribution in [1.29, 1.82) is 0 Å². The molecule has 1 N–H and O–H groups in total. The highest BCUT2D eigenvalue weighted by atomic mass is 19.1. The van der Waals surface area contributed by atoms with Crippen LogP contribution in [-0.2, 0) is 0 Å². The zero-order chi connectivity index (χ0) is 11.6. The first-order valence-electron chi connectivity index (χ1n) is 6.70. The van der Waals surface area contributed by atoms with Gasteiger partial charge in [-0.2, -0.15) is 0 Å². The van der Waals surface area contributed by atoms with Gasteiger partial charge in [-0.15, -0.1) is 0 Å². The van der Waals surface area contributed by atoms with E-state index in [0.29, 0.717) is 6.54 Å². The van der Waals surface area contributed by atoms with E-state index in [1.807, 2.05) is 0 Å². The van der Waals surface area contributed by atoms with E-state index >= 15 is 0 Å². The van der Waals surface area contributed by atoms with Crippen LogP contribution in [0.5, 0.6) is 0 Å². The van der Waals surface area contributed by atoms with Gasteiger partial charge in [0.25, 0.3) is 0 Å². The van der Waals surface area contributed by atoms with Crippen molar-refractivity contribution in [2.75, 3.05) is 26.3 Å². The van der Waals surface area contributed by atoms with Crippen LogP contribution in [0.25, 0.3) is 0 Å². The highest BCUT2D eigenvalue weighted by Gasteiger charge is 2.45. The van der Waals surface area contributed by atoms with Crippen molar-refractivity contribution in [3.05, 3.63) is 0 Å². The minimum Gasteiger partial charge on any atom is -0.308 e. The lowest BCUT2D eigenvalue weighted by molar-refractivity contribution is 0.00818. The molecule has 1 heterocycles. The Morgan fingerprint density at radius 1 is 1.31 bits per heavy atom. The molecule has 2 aliphatic rings. The molecule has 2 rings (SSSR count). The van der Waals surface area contributed by atoms with Gasteiger partial charge in [0, 0.05) is 30.7 Å². The minimum atomic E-state index is -0.207. The summed E-state index contributed by atoms with van der Waals surface area (Å²) >= 11 is 0. The van der Waals surface area contributed by atoms with Crippen molar-refractivity contribution < 1.29 is 4.39 Å². The van der Waals surface area contributed by atoms with E-state index in [1.165, 1.54) is 25.7 Å². The molecule has 1 saturated heterocycles. The first kappa shape index (κ1) is 12.3. The van der Waals surface area contributed by atoms with Gasteiger partial charge in [-0.25, -0.2) is 4.39 Å². The van der Waals surface area contributed by atoms with E-state index in [2.05, 4.69) is 24.1 Å². The molecule has 1 spiro atoms. The topological polar surface area (TPSA) is 15.3 Å². The Balaban J connectivity index is 2.10. The van der Waals surface area contributed by atoms with Crippen LogP contribution in [0.2, 0.25) is 0 Å². The second kappa shape index (κ2) is 4.61. The number of nitrogens with zero attached hydrogens (tertiary/aromatic N) is 1. The van der Waals surface area contributed by atoms with Gasteiger partial charge in [-0.1, -0.05) is 19.8 Å². The molecular weight excluding hydrogens is 203 g/mol. The maximum Gasteiger partial charge on any atom is 0.102 e. The van der Waals surface area contributed by atoms with Gasteiger partial charge in [-0.05, 0) is 26.2 Å². The zero-order valence-corrected chi connectivity index (χ0v) is 10.7. The Bertz CT molecular complexity index is 238.